The summed E-state index contributed by atoms with van der Waals surface area (Å²) in [5, 5.41) is 14.5. The van der Waals surface area contributed by atoms with Crippen LogP contribution in [0.2, 0.25) is 0 Å². The van der Waals surface area contributed by atoms with Gasteiger partial charge in [0.1, 0.15) is 18.1 Å². The molecule has 31 heavy (non-hydrogen) atoms. The van der Waals surface area contributed by atoms with Crippen molar-refractivity contribution in [3.05, 3.63) is 69.4 Å². The lowest BCUT2D eigenvalue weighted by molar-refractivity contribution is -0.385. The Morgan fingerprint density at radius 3 is 2.65 bits per heavy atom. The van der Waals surface area contributed by atoms with Gasteiger partial charge in [-0.15, -0.1) is 0 Å². The maximum atomic E-state index is 12.7. The number of para-hydroxylation sites is 2. The molecule has 1 fully saturated rings. The van der Waals surface area contributed by atoms with E-state index in [4.69, 9.17) is 21.7 Å². The van der Waals surface area contributed by atoms with E-state index in [0.29, 0.717) is 28.7 Å². The lowest BCUT2D eigenvalue weighted by atomic mass is 10.1. The minimum atomic E-state index is -0.490. The number of benzene rings is 2. The Labute approximate surface area is 185 Å². The number of nitrogens with zero attached hydrogens (tertiary/aromatic N) is 2. The average molecular weight is 442 g/mol. The second kappa shape index (κ2) is 9.57. The molecule has 1 heterocycles. The van der Waals surface area contributed by atoms with Crippen LogP contribution in [-0.4, -0.2) is 34.5 Å². The second-order valence-electron chi connectivity index (χ2n) is 7.38. The molecule has 0 saturated carbocycles. The molecule has 0 aromatic heterocycles. The third-order valence-corrected chi connectivity index (χ3v) is 4.89. The molecular formula is C22H23N3O5S. The lowest BCUT2D eigenvalue weighted by Crippen LogP contribution is -2.33. The maximum absolute atomic E-state index is 12.7. The molecule has 0 atom stereocenters. The van der Waals surface area contributed by atoms with Gasteiger partial charge in [0.2, 0.25) is 0 Å². The van der Waals surface area contributed by atoms with Crippen molar-refractivity contribution in [1.82, 2.24) is 10.2 Å². The summed E-state index contributed by atoms with van der Waals surface area (Å²) in [6.45, 7) is 4.64. The van der Waals surface area contributed by atoms with E-state index in [9.17, 15) is 14.9 Å². The number of thiocarbonyl (C=S) groups is 1. The first-order valence-corrected chi connectivity index (χ1v) is 10.1. The molecule has 1 saturated heterocycles. The quantitative estimate of drug-likeness (QED) is 0.287. The average Bonchev–Trinajstić information content (AvgIpc) is 2.99. The first kappa shape index (κ1) is 22.2. The first-order valence-electron chi connectivity index (χ1n) is 9.67. The smallest absolute Gasteiger partial charge is 0.310 e. The molecule has 1 aliphatic rings. The molecule has 0 spiro atoms. The first-order chi connectivity index (χ1) is 14.8. The number of carbonyl (C=O) groups excluding carboxylic acids is 1. The summed E-state index contributed by atoms with van der Waals surface area (Å²) < 4.78 is 11.1. The van der Waals surface area contributed by atoms with Gasteiger partial charge in [-0.1, -0.05) is 32.0 Å². The van der Waals surface area contributed by atoms with Gasteiger partial charge in [0.05, 0.1) is 12.0 Å². The summed E-state index contributed by atoms with van der Waals surface area (Å²) in [7, 11) is 1.53. The Kier molecular flexibility index (Phi) is 6.86. The van der Waals surface area contributed by atoms with Crippen molar-refractivity contribution in [2.75, 3.05) is 13.7 Å². The third-order valence-electron chi connectivity index (χ3n) is 4.57. The molecule has 0 unspecified atom stereocenters. The Hall–Kier alpha value is -3.46. The fourth-order valence-corrected chi connectivity index (χ4v) is 3.42. The number of nitrogens with one attached hydrogen (secondary N) is 1. The van der Waals surface area contributed by atoms with Crippen molar-refractivity contribution in [1.29, 1.82) is 0 Å². The standard InChI is InChI=1S/C22H23N3O5S/c1-14(2)12-24-21(26)17(23-22(24)31)11-15-8-9-19(29-3)16(10-15)13-30-20-7-5-4-6-18(20)25(27)28/h4-11,14H,12-13H2,1-3H3,(H,23,31)/b17-11+. The molecule has 8 nitrogen and oxygen atoms in total. The highest BCUT2D eigenvalue weighted by molar-refractivity contribution is 7.80. The van der Waals surface area contributed by atoms with E-state index in [1.165, 1.54) is 13.2 Å². The van der Waals surface area contributed by atoms with Crippen LogP contribution in [0.1, 0.15) is 25.0 Å². The molecule has 0 bridgehead atoms. The van der Waals surface area contributed by atoms with E-state index in [1.807, 2.05) is 26.0 Å². The molecule has 162 valence electrons. The maximum Gasteiger partial charge on any atom is 0.310 e. The van der Waals surface area contributed by atoms with Crippen molar-refractivity contribution in [2.24, 2.45) is 5.92 Å². The van der Waals surface area contributed by atoms with Crippen LogP contribution in [0.25, 0.3) is 6.08 Å². The van der Waals surface area contributed by atoms with Crippen LogP contribution in [0.15, 0.2) is 48.2 Å². The summed E-state index contributed by atoms with van der Waals surface area (Å²) in [6.07, 6.45) is 1.71. The van der Waals surface area contributed by atoms with Crippen LogP contribution in [0, 0.1) is 16.0 Å². The molecule has 9 heteroatoms. The normalized spacial score (nSPS) is 14.8. The molecule has 2 aromatic rings. The van der Waals surface area contributed by atoms with E-state index < -0.39 is 4.92 Å². The van der Waals surface area contributed by atoms with Gasteiger partial charge >= 0.3 is 5.69 Å². The van der Waals surface area contributed by atoms with Crippen LogP contribution in [0.4, 0.5) is 5.69 Å². The predicted molar refractivity (Wildman–Crippen MR) is 121 cm³/mol. The van der Waals surface area contributed by atoms with Gasteiger partial charge in [0, 0.05) is 18.2 Å². The van der Waals surface area contributed by atoms with Crippen molar-refractivity contribution in [3.63, 3.8) is 0 Å². The largest absolute Gasteiger partial charge is 0.496 e. The highest BCUT2D eigenvalue weighted by Gasteiger charge is 2.30. The van der Waals surface area contributed by atoms with Crippen molar-refractivity contribution >= 4 is 35.0 Å². The number of ether oxygens (including phenoxy) is 2. The predicted octanol–water partition coefficient (Wildman–Crippen LogP) is 3.90. The van der Waals surface area contributed by atoms with Crippen LogP contribution in [0.3, 0.4) is 0 Å². The summed E-state index contributed by atoms with van der Waals surface area (Å²) in [6, 6.07) is 11.6. The van der Waals surface area contributed by atoms with Crippen molar-refractivity contribution in [3.8, 4) is 11.5 Å². The zero-order chi connectivity index (χ0) is 22.5. The number of carbonyl (C=O) groups is 1. The van der Waals surface area contributed by atoms with Crippen LogP contribution in [0.5, 0.6) is 11.5 Å². The van der Waals surface area contributed by atoms with Crippen LogP contribution >= 0.6 is 12.2 Å². The fourth-order valence-electron chi connectivity index (χ4n) is 3.16. The molecule has 0 aliphatic carbocycles. The number of nitro benzene ring substituents is 1. The van der Waals surface area contributed by atoms with E-state index in [1.54, 1.807) is 35.2 Å². The minimum Gasteiger partial charge on any atom is -0.496 e. The van der Waals surface area contributed by atoms with E-state index >= 15 is 0 Å². The van der Waals surface area contributed by atoms with Crippen LogP contribution < -0.4 is 14.8 Å². The Bertz CT molecular complexity index is 1050. The number of amides is 1. The van der Waals surface area contributed by atoms with Gasteiger partial charge in [-0.2, -0.15) is 0 Å². The SMILES string of the molecule is COc1ccc(/C=C2/NC(=S)N(CC(C)C)C2=O)cc1COc1ccccc1[N+](=O)[O-]. The van der Waals surface area contributed by atoms with Gasteiger partial charge < -0.3 is 14.8 Å². The molecule has 0 radical (unpaired) electrons. The minimum absolute atomic E-state index is 0.0598. The van der Waals surface area contributed by atoms with E-state index in [-0.39, 0.29) is 29.9 Å². The van der Waals surface area contributed by atoms with E-state index in [0.717, 1.165) is 5.56 Å². The molecule has 1 aliphatic heterocycles. The highest BCUT2D eigenvalue weighted by Crippen LogP contribution is 2.29. The number of hydrogen-bond donors (Lipinski definition) is 1. The monoisotopic (exact) mass is 441 g/mol. The van der Waals surface area contributed by atoms with Crippen molar-refractivity contribution < 1.29 is 19.2 Å². The summed E-state index contributed by atoms with van der Waals surface area (Å²) in [4.78, 5) is 24.9. The molecule has 1 amide bonds. The van der Waals surface area contributed by atoms with Crippen molar-refractivity contribution in [2.45, 2.75) is 20.5 Å². The summed E-state index contributed by atoms with van der Waals surface area (Å²) in [5.41, 5.74) is 1.70. The molecule has 3 rings (SSSR count). The zero-order valence-electron chi connectivity index (χ0n) is 17.5. The third kappa shape index (κ3) is 5.18. The molecule has 1 N–H and O–H groups in total. The molecular weight excluding hydrogens is 418 g/mol. The van der Waals surface area contributed by atoms with Gasteiger partial charge in [0.15, 0.2) is 10.9 Å². The number of hydrogen-bond acceptors (Lipinski definition) is 6. The van der Waals surface area contributed by atoms with Gasteiger partial charge in [-0.3, -0.25) is 19.8 Å². The number of nitro groups is 1. The summed E-state index contributed by atoms with van der Waals surface area (Å²) in [5.74, 6) is 0.853. The number of rotatable bonds is 8. The molecule has 2 aromatic carbocycles. The van der Waals surface area contributed by atoms with Gasteiger partial charge in [0.25, 0.3) is 5.91 Å². The van der Waals surface area contributed by atoms with Gasteiger partial charge in [-0.05, 0) is 48.0 Å². The second-order valence-corrected chi connectivity index (χ2v) is 7.77. The zero-order valence-corrected chi connectivity index (χ0v) is 18.3. The van der Waals surface area contributed by atoms with Gasteiger partial charge in [-0.25, -0.2) is 0 Å². The van der Waals surface area contributed by atoms with Crippen LogP contribution in [-0.2, 0) is 11.4 Å². The highest BCUT2D eigenvalue weighted by atomic mass is 32.1. The topological polar surface area (TPSA) is 93.9 Å². The Morgan fingerprint density at radius 2 is 1.97 bits per heavy atom. The fraction of sp³-hybridized carbons (Fsp3) is 0.273. The summed E-state index contributed by atoms with van der Waals surface area (Å²) >= 11 is 5.28. The van der Waals surface area contributed by atoms with E-state index in [2.05, 4.69) is 5.32 Å². The number of methoxy groups -OCH3 is 1. The Morgan fingerprint density at radius 1 is 1.23 bits per heavy atom. The Balaban J connectivity index is 1.83. The lowest BCUT2D eigenvalue weighted by Gasteiger charge is -2.16.